The predicted molar refractivity (Wildman–Crippen MR) is 65.5 cm³/mol. The van der Waals surface area contributed by atoms with Gasteiger partial charge in [0, 0.05) is 5.41 Å². The summed E-state index contributed by atoms with van der Waals surface area (Å²) >= 11 is 0. The van der Waals surface area contributed by atoms with Crippen LogP contribution in [0.3, 0.4) is 0 Å². The van der Waals surface area contributed by atoms with E-state index in [4.69, 9.17) is 9.05 Å². The second kappa shape index (κ2) is 5.33. The molecule has 1 heterocycles. The lowest BCUT2D eigenvalue weighted by molar-refractivity contribution is 0.0442. The molecule has 4 heteroatoms. The molecule has 0 N–H and O–H groups in total. The van der Waals surface area contributed by atoms with E-state index in [1.807, 2.05) is 13.8 Å². The van der Waals surface area contributed by atoms with E-state index in [0.29, 0.717) is 24.9 Å². The Morgan fingerprint density at radius 1 is 1.44 bits per heavy atom. The zero-order valence-corrected chi connectivity index (χ0v) is 11.3. The third-order valence-corrected chi connectivity index (χ3v) is 4.53. The van der Waals surface area contributed by atoms with Crippen LogP contribution in [0.4, 0.5) is 0 Å². The summed E-state index contributed by atoms with van der Waals surface area (Å²) in [6.45, 7) is 10.6. The molecule has 0 radical (unpaired) electrons. The molecule has 1 saturated heterocycles. The van der Waals surface area contributed by atoms with Gasteiger partial charge in [0.25, 0.3) is 0 Å². The maximum atomic E-state index is 12.4. The van der Waals surface area contributed by atoms with Crippen molar-refractivity contribution in [2.45, 2.75) is 40.0 Å². The van der Waals surface area contributed by atoms with Crippen molar-refractivity contribution in [3.63, 3.8) is 0 Å². The second-order valence-corrected chi connectivity index (χ2v) is 6.99. The maximum absolute atomic E-state index is 12.4. The number of unbranched alkanes of at least 4 members (excludes halogenated alkanes) is 1. The van der Waals surface area contributed by atoms with E-state index in [9.17, 15) is 4.57 Å². The third-order valence-electron chi connectivity index (χ3n) is 2.55. The molecule has 0 aromatic carbocycles. The monoisotopic (exact) mass is 244 g/mol. The molecule has 0 spiro atoms. The van der Waals surface area contributed by atoms with Gasteiger partial charge in [-0.1, -0.05) is 33.8 Å². The Hall–Kier alpha value is -0.330. The Morgan fingerprint density at radius 2 is 2.00 bits per heavy atom. The Kier molecular flexibility index (Phi) is 4.58. The molecule has 16 heavy (non-hydrogen) atoms. The summed E-state index contributed by atoms with van der Waals surface area (Å²) in [5.41, 5.74) is 2.66. The number of allylic oxidation sites excluding steroid dienone is 1. The average molecular weight is 244 g/mol. The first-order valence-corrected chi connectivity index (χ1v) is 7.26. The van der Waals surface area contributed by atoms with Gasteiger partial charge in [-0.2, -0.15) is 0 Å². The van der Waals surface area contributed by atoms with Crippen LogP contribution in [0.25, 0.3) is 0 Å². The van der Waals surface area contributed by atoms with E-state index in [-0.39, 0.29) is 5.41 Å². The van der Waals surface area contributed by atoms with Crippen molar-refractivity contribution >= 4 is 7.60 Å². The second-order valence-electron chi connectivity index (χ2n) is 4.94. The van der Waals surface area contributed by atoms with Crippen LogP contribution in [0.5, 0.6) is 0 Å². The van der Waals surface area contributed by atoms with E-state index < -0.39 is 7.60 Å². The van der Waals surface area contributed by atoms with Gasteiger partial charge in [0.2, 0.25) is 0 Å². The van der Waals surface area contributed by atoms with Crippen LogP contribution < -0.4 is 0 Å². The van der Waals surface area contributed by atoms with Gasteiger partial charge >= 0.3 is 7.60 Å². The normalized spacial score (nSPS) is 22.4. The quantitative estimate of drug-likeness (QED) is 0.551. The van der Waals surface area contributed by atoms with Crippen molar-refractivity contribution in [1.82, 2.24) is 0 Å². The van der Waals surface area contributed by atoms with Crippen LogP contribution in [0, 0.1) is 5.41 Å². The van der Waals surface area contributed by atoms with Crippen molar-refractivity contribution < 1.29 is 13.6 Å². The van der Waals surface area contributed by atoms with Crippen LogP contribution >= 0.6 is 7.60 Å². The first-order chi connectivity index (χ1) is 7.43. The third kappa shape index (κ3) is 3.33. The Bertz CT molecular complexity index is 326. The highest BCUT2D eigenvalue weighted by Crippen LogP contribution is 2.60. The van der Waals surface area contributed by atoms with Gasteiger partial charge in [-0.3, -0.25) is 4.57 Å². The SMILES string of the molecule is C=C=C(CCCC)P1(=O)OCC(C)(C)CO1. The first kappa shape index (κ1) is 13.7. The minimum absolute atomic E-state index is 0.0645. The molecule has 0 unspecified atom stereocenters. The molecule has 0 aromatic heterocycles. The molecule has 0 saturated carbocycles. The zero-order chi connectivity index (χ0) is 12.2. The van der Waals surface area contributed by atoms with Gasteiger partial charge < -0.3 is 9.05 Å². The van der Waals surface area contributed by atoms with Crippen LogP contribution in [0.2, 0.25) is 0 Å². The summed E-state index contributed by atoms with van der Waals surface area (Å²) in [6, 6.07) is 0. The average Bonchev–Trinajstić information content (AvgIpc) is 2.24. The van der Waals surface area contributed by atoms with E-state index in [2.05, 4.69) is 19.2 Å². The topological polar surface area (TPSA) is 35.5 Å². The van der Waals surface area contributed by atoms with Crippen molar-refractivity contribution in [2.24, 2.45) is 5.41 Å². The molecule has 1 aliphatic rings. The fourth-order valence-electron chi connectivity index (χ4n) is 1.42. The lowest BCUT2D eigenvalue weighted by Crippen LogP contribution is -2.29. The Morgan fingerprint density at radius 3 is 2.44 bits per heavy atom. The van der Waals surface area contributed by atoms with E-state index in [0.717, 1.165) is 12.8 Å². The van der Waals surface area contributed by atoms with E-state index in [1.165, 1.54) is 0 Å². The fourth-order valence-corrected chi connectivity index (χ4v) is 3.47. The fraction of sp³-hybridized carbons (Fsp3) is 0.750. The Labute approximate surface area is 98.1 Å². The smallest absolute Gasteiger partial charge is 0.304 e. The van der Waals surface area contributed by atoms with E-state index in [1.54, 1.807) is 0 Å². The number of hydrogen-bond acceptors (Lipinski definition) is 3. The van der Waals surface area contributed by atoms with Crippen LogP contribution in [0.1, 0.15) is 40.0 Å². The lowest BCUT2D eigenvalue weighted by atomic mass is 9.97. The van der Waals surface area contributed by atoms with Crippen molar-refractivity contribution in [3.05, 3.63) is 17.6 Å². The van der Waals surface area contributed by atoms with Crippen LogP contribution in [0.15, 0.2) is 17.6 Å². The minimum Gasteiger partial charge on any atom is -0.304 e. The Balaban J connectivity index is 2.72. The van der Waals surface area contributed by atoms with Gasteiger partial charge in [-0.05, 0) is 12.8 Å². The molecular weight excluding hydrogens is 223 g/mol. The summed E-state index contributed by atoms with van der Waals surface area (Å²) in [4.78, 5) is 0. The standard InChI is InChI=1S/C12H21O3P/c1-5-7-8-11(6-2)16(13)14-9-12(3,4)10-15-16/h2,5,7-10H2,1,3-4H3. The summed E-state index contributed by atoms with van der Waals surface area (Å²) in [6.07, 6.45) is 2.69. The number of rotatable bonds is 4. The largest absolute Gasteiger partial charge is 0.364 e. The van der Waals surface area contributed by atoms with Gasteiger partial charge in [-0.25, -0.2) is 0 Å². The molecule has 0 bridgehead atoms. The van der Waals surface area contributed by atoms with Crippen LogP contribution in [-0.4, -0.2) is 13.2 Å². The van der Waals surface area contributed by atoms with Gasteiger partial charge in [0.15, 0.2) is 0 Å². The van der Waals surface area contributed by atoms with Crippen molar-refractivity contribution in [2.75, 3.05) is 13.2 Å². The summed E-state index contributed by atoms with van der Waals surface area (Å²) in [5, 5.41) is 0.602. The molecule has 0 aliphatic carbocycles. The summed E-state index contributed by atoms with van der Waals surface area (Å²) in [7, 11) is -3.09. The summed E-state index contributed by atoms with van der Waals surface area (Å²) < 4.78 is 23.2. The molecule has 92 valence electrons. The van der Waals surface area contributed by atoms with Crippen molar-refractivity contribution in [1.29, 1.82) is 0 Å². The number of hydrogen-bond donors (Lipinski definition) is 0. The zero-order valence-electron chi connectivity index (χ0n) is 10.4. The highest BCUT2D eigenvalue weighted by atomic mass is 31.2. The summed E-state index contributed by atoms with van der Waals surface area (Å²) in [5.74, 6) is 0. The van der Waals surface area contributed by atoms with Gasteiger partial charge in [-0.15, -0.1) is 5.73 Å². The maximum Gasteiger partial charge on any atom is 0.364 e. The van der Waals surface area contributed by atoms with Crippen molar-refractivity contribution in [3.8, 4) is 0 Å². The van der Waals surface area contributed by atoms with Crippen LogP contribution in [-0.2, 0) is 13.6 Å². The minimum atomic E-state index is -3.09. The highest BCUT2D eigenvalue weighted by molar-refractivity contribution is 7.58. The highest BCUT2D eigenvalue weighted by Gasteiger charge is 2.39. The molecule has 3 nitrogen and oxygen atoms in total. The van der Waals surface area contributed by atoms with Gasteiger partial charge in [0.05, 0.1) is 18.5 Å². The molecule has 0 aromatic rings. The van der Waals surface area contributed by atoms with Gasteiger partial charge in [0.1, 0.15) is 0 Å². The molecular formula is C12H21O3P. The lowest BCUT2D eigenvalue weighted by Gasteiger charge is -2.34. The molecule has 1 fully saturated rings. The molecule has 1 aliphatic heterocycles. The van der Waals surface area contributed by atoms with E-state index >= 15 is 0 Å². The molecule has 0 atom stereocenters. The molecule has 0 amide bonds. The predicted octanol–water partition coefficient (Wildman–Crippen LogP) is 4.11. The first-order valence-electron chi connectivity index (χ1n) is 5.72. The molecule has 1 rings (SSSR count).